The fourth-order valence-electron chi connectivity index (χ4n) is 7.37. The van der Waals surface area contributed by atoms with E-state index in [0.29, 0.717) is 12.2 Å². The molecule has 0 aliphatic carbocycles. The monoisotopic (exact) mass is 987 g/mol. The van der Waals surface area contributed by atoms with Crippen LogP contribution in [-0.4, -0.2) is 149 Å². The lowest BCUT2D eigenvalue weighted by atomic mass is 9.94. The Morgan fingerprint density at radius 3 is 1.97 bits per heavy atom. The van der Waals surface area contributed by atoms with Crippen molar-refractivity contribution in [2.24, 2.45) is 29.4 Å². The highest BCUT2D eigenvalue weighted by Crippen LogP contribution is 2.19. The van der Waals surface area contributed by atoms with Gasteiger partial charge in [0, 0.05) is 44.5 Å². The number of carboxylic acids is 2. The summed E-state index contributed by atoms with van der Waals surface area (Å²) in [4.78, 5) is 122. The van der Waals surface area contributed by atoms with E-state index in [0.717, 1.165) is 16.0 Å². The molecule has 384 valence electrons. The fourth-order valence-corrected chi connectivity index (χ4v) is 8.30. The molecule has 2 rings (SSSR count). The Hall–Kier alpha value is -5.80. The number of ether oxygens (including phenoxy) is 1. The van der Waals surface area contributed by atoms with Gasteiger partial charge in [-0.1, -0.05) is 88.8 Å². The summed E-state index contributed by atoms with van der Waals surface area (Å²) in [5.41, 5.74) is 7.49. The Morgan fingerprint density at radius 1 is 0.812 bits per heavy atom. The number of benzene rings is 1. The van der Waals surface area contributed by atoms with Gasteiger partial charge in [-0.2, -0.15) is 11.8 Å². The van der Waals surface area contributed by atoms with Gasteiger partial charge in [-0.3, -0.25) is 33.6 Å². The van der Waals surface area contributed by atoms with Crippen molar-refractivity contribution >= 4 is 65.1 Å². The molecule has 10 N–H and O–H groups in total. The van der Waals surface area contributed by atoms with Gasteiger partial charge in [-0.05, 0) is 51.5 Å². The van der Waals surface area contributed by atoms with E-state index in [1.165, 1.54) is 46.5 Å². The number of hydrogen-bond donors (Lipinski definition) is 9. The minimum Gasteiger partial charge on any atom is -0.480 e. The second kappa shape index (κ2) is 29.3. The molecule has 0 radical (unpaired) electrons. The van der Waals surface area contributed by atoms with Crippen LogP contribution in [0.2, 0.25) is 0 Å². The van der Waals surface area contributed by atoms with Gasteiger partial charge in [0.1, 0.15) is 36.3 Å². The van der Waals surface area contributed by atoms with Gasteiger partial charge in [0.2, 0.25) is 41.4 Å². The second-order valence-corrected chi connectivity index (χ2v) is 19.2. The number of nitrogens with two attached hydrogens (primary N) is 1. The second-order valence-electron chi connectivity index (χ2n) is 18.0. The van der Waals surface area contributed by atoms with E-state index in [9.17, 15) is 53.4 Å². The van der Waals surface area contributed by atoms with Gasteiger partial charge in [-0.15, -0.1) is 0 Å². The minimum atomic E-state index is -1.82. The molecule has 11 atom stereocenters. The maximum Gasteiger partial charge on any atom is 0.327 e. The lowest BCUT2D eigenvalue weighted by molar-refractivity contribution is -0.146. The van der Waals surface area contributed by atoms with E-state index in [1.54, 1.807) is 33.1 Å². The summed E-state index contributed by atoms with van der Waals surface area (Å²) in [7, 11) is 2.97. The molecule has 0 aromatic heterocycles. The van der Waals surface area contributed by atoms with Crippen LogP contribution >= 0.6 is 11.8 Å². The maximum atomic E-state index is 13.9. The van der Waals surface area contributed by atoms with Gasteiger partial charge < -0.3 is 57.5 Å². The molecule has 1 aliphatic heterocycles. The number of carbonyl (C=O) groups is 9. The number of allylic oxidation sites excluding steroid dienone is 2. The molecule has 0 saturated carbocycles. The molecule has 20 nitrogen and oxygen atoms in total. The third-order valence-corrected chi connectivity index (χ3v) is 12.9. The van der Waals surface area contributed by atoms with Crippen molar-refractivity contribution in [3.8, 4) is 0 Å². The minimum absolute atomic E-state index is 0.0387. The normalized spacial score (nSPS) is 26.9. The summed E-state index contributed by atoms with van der Waals surface area (Å²) in [5.74, 6) is -11.1. The zero-order valence-electron chi connectivity index (χ0n) is 41.4. The van der Waals surface area contributed by atoms with E-state index in [2.05, 4.69) is 31.9 Å². The summed E-state index contributed by atoms with van der Waals surface area (Å²) in [5, 5.41) is 35.6. The number of likely N-dealkylation sites (N-methyl/N-ethyl adjacent to an activating group) is 1. The van der Waals surface area contributed by atoms with Crippen molar-refractivity contribution in [3.63, 3.8) is 0 Å². The molecule has 1 aromatic rings. The van der Waals surface area contributed by atoms with Crippen LogP contribution in [0, 0.1) is 23.7 Å². The molecule has 69 heavy (non-hydrogen) atoms. The third kappa shape index (κ3) is 19.6. The molecule has 0 spiro atoms. The van der Waals surface area contributed by atoms with Gasteiger partial charge in [0.15, 0.2) is 0 Å². The van der Waals surface area contributed by atoms with Gasteiger partial charge in [0.25, 0.3) is 0 Å². The first kappa shape index (κ1) is 59.3. The number of carboxylic acid groups (broad SMARTS) is 2. The average molecular weight is 987 g/mol. The topological polar surface area (TPSA) is 305 Å². The van der Waals surface area contributed by atoms with E-state index in [4.69, 9.17) is 10.5 Å². The summed E-state index contributed by atoms with van der Waals surface area (Å²) in [6.45, 7) is 13.0. The van der Waals surface area contributed by atoms with Crippen LogP contribution in [0.5, 0.6) is 0 Å². The lowest BCUT2D eigenvalue weighted by Crippen LogP contribution is -2.59. The van der Waals surface area contributed by atoms with Crippen LogP contribution in [0.25, 0.3) is 0 Å². The highest BCUT2D eigenvalue weighted by Gasteiger charge is 2.37. The highest BCUT2D eigenvalue weighted by molar-refractivity contribution is 7.99. The van der Waals surface area contributed by atoms with Crippen LogP contribution in [-0.2, 0) is 54.3 Å². The molecular weight excluding hydrogens is 913 g/mol. The van der Waals surface area contributed by atoms with Crippen LogP contribution < -0.4 is 37.6 Å². The Bertz CT molecular complexity index is 2000. The number of aliphatic carboxylic acids is 2. The predicted molar refractivity (Wildman–Crippen MR) is 261 cm³/mol. The summed E-state index contributed by atoms with van der Waals surface area (Å²) in [6.07, 6.45) is 4.87. The van der Waals surface area contributed by atoms with Gasteiger partial charge >= 0.3 is 11.9 Å². The summed E-state index contributed by atoms with van der Waals surface area (Å²) in [6, 6.07) is 0.231. The molecule has 1 fully saturated rings. The van der Waals surface area contributed by atoms with E-state index < -0.39 is 114 Å². The third-order valence-electron chi connectivity index (χ3n) is 11.8. The number of nitrogens with one attached hydrogen (secondary N) is 6. The average Bonchev–Trinajstić information content (AvgIpc) is 3.29. The van der Waals surface area contributed by atoms with Crippen LogP contribution in [0.1, 0.15) is 80.2 Å². The molecule has 1 aromatic carbocycles. The molecular formula is C48H74N8O12S. The van der Waals surface area contributed by atoms with Crippen molar-refractivity contribution in [1.82, 2.24) is 36.8 Å². The van der Waals surface area contributed by atoms with Crippen LogP contribution in [0.3, 0.4) is 0 Å². The quantitative estimate of drug-likeness (QED) is 0.0880. The Balaban J connectivity index is 2.64. The first-order valence-electron chi connectivity index (χ1n) is 23.2. The first-order valence-corrected chi connectivity index (χ1v) is 24.3. The number of thioether (sulfide) groups is 1. The van der Waals surface area contributed by atoms with Crippen molar-refractivity contribution in [1.29, 1.82) is 0 Å². The van der Waals surface area contributed by atoms with Gasteiger partial charge in [0.05, 0.1) is 24.0 Å². The van der Waals surface area contributed by atoms with Crippen molar-refractivity contribution in [2.45, 2.75) is 129 Å². The predicted octanol–water partition coefficient (Wildman–Crippen LogP) is 1.13. The Kier molecular flexibility index (Phi) is 25.2. The largest absolute Gasteiger partial charge is 0.480 e. The van der Waals surface area contributed by atoms with Gasteiger partial charge in [-0.25, -0.2) is 9.59 Å². The molecule has 2 unspecified atom stereocenters. The molecule has 0 bridgehead atoms. The lowest BCUT2D eigenvalue weighted by Gasteiger charge is -2.29. The molecule has 1 aliphatic rings. The zero-order valence-corrected chi connectivity index (χ0v) is 42.2. The Labute approximate surface area is 409 Å². The molecule has 1 heterocycles. The van der Waals surface area contributed by atoms with Crippen molar-refractivity contribution in [3.05, 3.63) is 59.7 Å². The smallest absolute Gasteiger partial charge is 0.327 e. The SMILES string of the molecule is CO[C@@H](Cc1ccccc1)[C@@H](C)C=C(C)C=CC1NC(=O)[C@H](C)NC(=O)[C@@H](C)[C@H](C(=O)O)NC(=O)[C@H](CC(C)C)NC(=O)[C@@H](C)NC(=O)C(CSCCN)N(C)C(=O)CC[C@H](C(=O)O)NC(=O)[C@H]1C. The first-order chi connectivity index (χ1) is 32.4. The summed E-state index contributed by atoms with van der Waals surface area (Å²) >= 11 is 1.26. The Morgan fingerprint density at radius 2 is 1.41 bits per heavy atom. The maximum absolute atomic E-state index is 13.9. The molecule has 7 amide bonds. The standard InChI is InChI=1S/C48H74N8O12S/c1-26(2)22-36-45(62)55-40(48(66)67)30(6)42(59)50-31(7)43(60)52-34(17-16-27(3)23-28(4)38(68-10)24-33-14-12-11-13-15-33)29(5)41(58)53-35(47(64)65)18-19-39(57)56(9)37(25-69-21-20-49)46(63)51-32(8)44(61)54-36/h11-17,23,26,28-32,34-38,40H,18-22,24-25,49H2,1-10H3,(H,50,59)(H,51,63)(H,52,60)(H,53,58)(H,54,61)(H,55,62)(H,64,65)(H,66,67)/t28-,29-,30-,31-,32+,34?,35+,36-,37?,38-,40+/m0/s1. The molecule has 1 saturated heterocycles. The fraction of sp³-hybridized carbons (Fsp3) is 0.604. The van der Waals surface area contributed by atoms with E-state index in [-0.39, 0.29) is 43.1 Å². The van der Waals surface area contributed by atoms with Crippen LogP contribution in [0.15, 0.2) is 54.1 Å². The number of hydrogen-bond acceptors (Lipinski definition) is 12. The summed E-state index contributed by atoms with van der Waals surface area (Å²) < 4.78 is 5.80. The van der Waals surface area contributed by atoms with Crippen molar-refractivity contribution in [2.75, 3.05) is 32.2 Å². The number of rotatable bonds is 15. The number of amides is 7. The number of nitrogens with zero attached hydrogens (tertiary/aromatic N) is 1. The molecule has 21 heteroatoms. The zero-order chi connectivity index (χ0) is 52.1. The van der Waals surface area contributed by atoms with E-state index >= 15 is 0 Å². The van der Waals surface area contributed by atoms with E-state index in [1.807, 2.05) is 50.3 Å². The van der Waals surface area contributed by atoms with Crippen molar-refractivity contribution < 1.29 is 58.1 Å². The highest BCUT2D eigenvalue weighted by atomic mass is 32.2. The van der Waals surface area contributed by atoms with Crippen LogP contribution in [0.4, 0.5) is 0 Å². The number of methoxy groups -OCH3 is 1. The number of carbonyl (C=O) groups excluding carboxylic acids is 7.